The van der Waals surface area contributed by atoms with Crippen molar-refractivity contribution in [2.24, 2.45) is 0 Å². The fourth-order valence-corrected chi connectivity index (χ4v) is 2.96. The number of esters is 1. The summed E-state index contributed by atoms with van der Waals surface area (Å²) in [6.07, 6.45) is 1.91. The summed E-state index contributed by atoms with van der Waals surface area (Å²) in [5, 5.41) is 8.37. The summed E-state index contributed by atoms with van der Waals surface area (Å²) in [6, 6.07) is 5.72. The molecule has 0 saturated heterocycles. The van der Waals surface area contributed by atoms with Crippen LogP contribution in [0.25, 0.3) is 0 Å². The molecule has 1 aromatic carbocycles. The van der Waals surface area contributed by atoms with Gasteiger partial charge in [0, 0.05) is 32.1 Å². The van der Waals surface area contributed by atoms with Crippen LogP contribution in [0.1, 0.15) is 38.3 Å². The number of urea groups is 2. The van der Waals surface area contributed by atoms with E-state index in [4.69, 9.17) is 9.47 Å². The Balaban J connectivity index is 2.17. The second kappa shape index (κ2) is 11.2. The van der Waals surface area contributed by atoms with E-state index in [0.717, 1.165) is 12.8 Å². The van der Waals surface area contributed by atoms with Crippen LogP contribution in [0.3, 0.4) is 0 Å². The van der Waals surface area contributed by atoms with Gasteiger partial charge in [-0.15, -0.1) is 0 Å². The van der Waals surface area contributed by atoms with Crippen LogP contribution in [0.2, 0.25) is 0 Å². The number of amides is 4. The number of carbonyl (C=O) groups excluding carboxylic acids is 3. The van der Waals surface area contributed by atoms with E-state index in [-0.39, 0.29) is 25.3 Å². The van der Waals surface area contributed by atoms with Crippen LogP contribution in [0.15, 0.2) is 35.5 Å². The number of methoxy groups -OCH3 is 1. The van der Waals surface area contributed by atoms with Crippen LogP contribution >= 0.6 is 0 Å². The molecule has 4 amide bonds. The lowest BCUT2D eigenvalue weighted by Gasteiger charge is -2.33. The van der Waals surface area contributed by atoms with Gasteiger partial charge < -0.3 is 30.3 Å². The Hall–Kier alpha value is -3.07. The first kappa shape index (κ1) is 23.2. The molecule has 164 valence electrons. The van der Waals surface area contributed by atoms with E-state index in [1.807, 2.05) is 0 Å². The SMILES string of the molecule is CCCCNC(=O)Nc1ccc([C@H]2NC(=O)N(C)C(C)=C2C(=O)OCCOC)cc1. The number of hydrogen-bond acceptors (Lipinski definition) is 5. The molecule has 1 aromatic rings. The van der Waals surface area contributed by atoms with Gasteiger partial charge in [-0.2, -0.15) is 0 Å². The molecule has 0 fully saturated rings. The molecular formula is C21H30N4O5. The molecule has 3 N–H and O–H groups in total. The van der Waals surface area contributed by atoms with Crippen LogP contribution < -0.4 is 16.0 Å². The van der Waals surface area contributed by atoms with E-state index >= 15 is 0 Å². The van der Waals surface area contributed by atoms with Crippen LogP contribution in [-0.2, 0) is 14.3 Å². The number of allylic oxidation sites excluding steroid dienone is 1. The Morgan fingerprint density at radius 3 is 2.53 bits per heavy atom. The minimum absolute atomic E-state index is 0.118. The third kappa shape index (κ3) is 5.96. The van der Waals surface area contributed by atoms with Crippen LogP contribution in [0.5, 0.6) is 0 Å². The van der Waals surface area contributed by atoms with Crippen LogP contribution in [-0.4, -0.2) is 56.8 Å². The lowest BCUT2D eigenvalue weighted by atomic mass is 9.95. The second-order valence-corrected chi connectivity index (χ2v) is 6.93. The Bertz CT molecular complexity index is 791. The summed E-state index contributed by atoms with van der Waals surface area (Å²) >= 11 is 0. The molecule has 0 saturated carbocycles. The first-order valence-electron chi connectivity index (χ1n) is 9.94. The van der Waals surface area contributed by atoms with Crippen molar-refractivity contribution in [3.8, 4) is 0 Å². The smallest absolute Gasteiger partial charge is 0.338 e. The molecule has 0 spiro atoms. The lowest BCUT2D eigenvalue weighted by molar-refractivity contribution is -0.140. The predicted octanol–water partition coefficient (Wildman–Crippen LogP) is 2.77. The second-order valence-electron chi connectivity index (χ2n) is 6.93. The van der Waals surface area contributed by atoms with Crippen molar-refractivity contribution in [2.75, 3.05) is 39.2 Å². The number of hydrogen-bond donors (Lipinski definition) is 3. The fourth-order valence-electron chi connectivity index (χ4n) is 2.96. The predicted molar refractivity (Wildman–Crippen MR) is 113 cm³/mol. The standard InChI is InChI=1S/C21H30N4O5/c1-5-6-11-22-20(27)23-16-9-7-15(8-10-16)18-17(19(26)30-13-12-29-4)14(2)25(3)21(28)24-18/h7-10,18H,5-6,11-13H2,1-4H3,(H,24,28)(H2,22,23,27)/t18-/m1/s1. The maximum absolute atomic E-state index is 12.7. The zero-order valence-corrected chi connectivity index (χ0v) is 17.9. The molecule has 2 rings (SSSR count). The summed E-state index contributed by atoms with van der Waals surface area (Å²) in [5.41, 5.74) is 2.18. The Kier molecular flexibility index (Phi) is 8.67. The number of benzene rings is 1. The van der Waals surface area contributed by atoms with Gasteiger partial charge in [0.15, 0.2) is 0 Å². The zero-order chi connectivity index (χ0) is 22.1. The first-order valence-corrected chi connectivity index (χ1v) is 9.94. The summed E-state index contributed by atoms with van der Waals surface area (Å²) in [4.78, 5) is 38.2. The fraction of sp³-hybridized carbons (Fsp3) is 0.476. The molecule has 0 aromatic heterocycles. The number of anilines is 1. The molecule has 9 heteroatoms. The van der Waals surface area contributed by atoms with E-state index in [1.165, 1.54) is 12.0 Å². The van der Waals surface area contributed by atoms with Crippen molar-refractivity contribution in [3.05, 3.63) is 41.1 Å². The molecule has 0 unspecified atom stereocenters. The average Bonchev–Trinajstić information content (AvgIpc) is 2.72. The number of carbonyl (C=O) groups is 3. The van der Waals surface area contributed by atoms with Crippen molar-refractivity contribution >= 4 is 23.7 Å². The highest BCUT2D eigenvalue weighted by Crippen LogP contribution is 2.31. The highest BCUT2D eigenvalue weighted by atomic mass is 16.6. The van der Waals surface area contributed by atoms with Crippen molar-refractivity contribution in [1.29, 1.82) is 0 Å². The molecule has 30 heavy (non-hydrogen) atoms. The first-order chi connectivity index (χ1) is 14.4. The van der Waals surface area contributed by atoms with Crippen molar-refractivity contribution in [1.82, 2.24) is 15.5 Å². The monoisotopic (exact) mass is 418 g/mol. The maximum atomic E-state index is 12.7. The van der Waals surface area contributed by atoms with Gasteiger partial charge in [-0.05, 0) is 31.0 Å². The van der Waals surface area contributed by atoms with E-state index in [1.54, 1.807) is 38.2 Å². The van der Waals surface area contributed by atoms with Gasteiger partial charge in [0.25, 0.3) is 0 Å². The van der Waals surface area contributed by atoms with Crippen molar-refractivity contribution in [3.63, 3.8) is 0 Å². The summed E-state index contributed by atoms with van der Waals surface area (Å²) < 4.78 is 10.2. The van der Waals surface area contributed by atoms with Gasteiger partial charge in [0.2, 0.25) is 0 Å². The molecule has 1 atom stereocenters. The molecule has 1 heterocycles. The average molecular weight is 418 g/mol. The number of ether oxygens (including phenoxy) is 2. The number of rotatable bonds is 9. The van der Waals surface area contributed by atoms with Gasteiger partial charge in [-0.1, -0.05) is 25.5 Å². The van der Waals surface area contributed by atoms with Gasteiger partial charge in [0.1, 0.15) is 6.61 Å². The van der Waals surface area contributed by atoms with E-state index in [0.29, 0.717) is 29.1 Å². The van der Waals surface area contributed by atoms with Gasteiger partial charge in [-0.25, -0.2) is 14.4 Å². The third-order valence-corrected chi connectivity index (χ3v) is 4.81. The third-order valence-electron chi connectivity index (χ3n) is 4.81. The van der Waals surface area contributed by atoms with E-state index in [9.17, 15) is 14.4 Å². The molecule has 9 nitrogen and oxygen atoms in total. The highest BCUT2D eigenvalue weighted by molar-refractivity contribution is 5.95. The highest BCUT2D eigenvalue weighted by Gasteiger charge is 2.35. The van der Waals surface area contributed by atoms with Gasteiger partial charge in [0.05, 0.1) is 18.2 Å². The number of unbranched alkanes of at least 4 members (excludes halogenated alkanes) is 1. The van der Waals surface area contributed by atoms with E-state index < -0.39 is 12.0 Å². The van der Waals surface area contributed by atoms with Crippen LogP contribution in [0.4, 0.5) is 15.3 Å². The quantitative estimate of drug-likeness (QED) is 0.422. The topological polar surface area (TPSA) is 109 Å². The molecule has 1 aliphatic heterocycles. The molecule has 0 radical (unpaired) electrons. The summed E-state index contributed by atoms with van der Waals surface area (Å²) in [5.74, 6) is -0.515. The van der Waals surface area contributed by atoms with Gasteiger partial charge in [-0.3, -0.25) is 0 Å². The minimum atomic E-state index is -0.656. The minimum Gasteiger partial charge on any atom is -0.460 e. The van der Waals surface area contributed by atoms with Crippen molar-refractivity contribution in [2.45, 2.75) is 32.7 Å². The number of nitrogens with zero attached hydrogens (tertiary/aromatic N) is 1. The Labute approximate surface area is 176 Å². The molecule has 1 aliphatic rings. The molecule has 0 aliphatic carbocycles. The number of nitrogens with one attached hydrogen (secondary N) is 3. The Morgan fingerprint density at radius 1 is 1.20 bits per heavy atom. The zero-order valence-electron chi connectivity index (χ0n) is 17.9. The largest absolute Gasteiger partial charge is 0.460 e. The lowest BCUT2D eigenvalue weighted by Crippen LogP contribution is -2.46. The van der Waals surface area contributed by atoms with Gasteiger partial charge >= 0.3 is 18.0 Å². The summed E-state index contributed by atoms with van der Waals surface area (Å²) in [6.45, 7) is 4.77. The van der Waals surface area contributed by atoms with Crippen LogP contribution in [0, 0.1) is 0 Å². The molecule has 0 bridgehead atoms. The van der Waals surface area contributed by atoms with Crippen molar-refractivity contribution < 1.29 is 23.9 Å². The Morgan fingerprint density at radius 2 is 1.90 bits per heavy atom. The van der Waals surface area contributed by atoms with E-state index in [2.05, 4.69) is 22.9 Å². The maximum Gasteiger partial charge on any atom is 0.338 e. The normalized spacial score (nSPS) is 16.2. The molecular weight excluding hydrogens is 388 g/mol. The summed E-state index contributed by atoms with van der Waals surface area (Å²) in [7, 11) is 3.11.